The van der Waals surface area contributed by atoms with Gasteiger partial charge in [0.1, 0.15) is 0 Å². The van der Waals surface area contributed by atoms with Crippen LogP contribution in [0.25, 0.3) is 0 Å². The summed E-state index contributed by atoms with van der Waals surface area (Å²) in [6.07, 6.45) is 2.02. The van der Waals surface area contributed by atoms with E-state index in [1.807, 2.05) is 43.7 Å². The maximum Gasteiger partial charge on any atom is 0.234 e. The van der Waals surface area contributed by atoms with Gasteiger partial charge in [0, 0.05) is 11.8 Å². The zero-order chi connectivity index (χ0) is 14.8. The molecule has 1 amide bonds. The van der Waals surface area contributed by atoms with Crippen LogP contribution in [0.4, 0.5) is 0 Å². The quantitative estimate of drug-likeness (QED) is 0.902. The van der Waals surface area contributed by atoms with Crippen molar-refractivity contribution in [1.29, 1.82) is 0 Å². The molecule has 1 N–H and O–H groups in total. The Morgan fingerprint density at radius 1 is 1.47 bits per heavy atom. The molecule has 108 valence electrons. The summed E-state index contributed by atoms with van der Waals surface area (Å²) in [6, 6.07) is -0.0245. The Kier molecular flexibility index (Phi) is 4.74. The van der Waals surface area contributed by atoms with Crippen LogP contribution in [0.3, 0.4) is 0 Å². The molecule has 0 radical (unpaired) electrons. The molecule has 5 nitrogen and oxygen atoms in total. The molecular weight excluding hydrogens is 240 g/mol. The second kappa shape index (κ2) is 5.74. The largest absolute Gasteiger partial charge is 0.348 e. The van der Waals surface area contributed by atoms with Gasteiger partial charge in [-0.1, -0.05) is 0 Å². The molecule has 0 spiro atoms. The number of carbonyl (C=O) groups excluding carboxylic acids is 1. The van der Waals surface area contributed by atoms with Gasteiger partial charge in [-0.2, -0.15) is 5.10 Å². The highest BCUT2D eigenvalue weighted by molar-refractivity contribution is 5.78. The van der Waals surface area contributed by atoms with Crippen molar-refractivity contribution in [1.82, 2.24) is 20.0 Å². The molecule has 1 aromatic heterocycles. The molecule has 0 aromatic carbocycles. The van der Waals surface area contributed by atoms with Crippen molar-refractivity contribution >= 4 is 5.91 Å². The van der Waals surface area contributed by atoms with Crippen molar-refractivity contribution in [2.24, 2.45) is 0 Å². The summed E-state index contributed by atoms with van der Waals surface area (Å²) in [7, 11) is 3.76. The van der Waals surface area contributed by atoms with E-state index in [0.29, 0.717) is 6.54 Å². The number of nitrogens with one attached hydrogen (secondary N) is 1. The number of amides is 1. The van der Waals surface area contributed by atoms with Crippen LogP contribution in [0.2, 0.25) is 0 Å². The van der Waals surface area contributed by atoms with Gasteiger partial charge in [-0.25, -0.2) is 0 Å². The predicted octanol–water partition coefficient (Wildman–Crippen LogP) is 1.69. The lowest BCUT2D eigenvalue weighted by molar-refractivity contribution is -0.122. The lowest BCUT2D eigenvalue weighted by atomic mass is 10.1. The standard InChI is InChI=1S/C14H26N4O/c1-10(15-13(19)9-17(6)7)12-8-18(14(3,4)5)16-11(12)2/h8,10H,9H2,1-7H3,(H,15,19)/t10-/m0/s1. The maximum atomic E-state index is 11.8. The molecular formula is C14H26N4O. The van der Waals surface area contributed by atoms with Gasteiger partial charge in [0.15, 0.2) is 0 Å². The molecule has 0 saturated heterocycles. The first-order valence-electron chi connectivity index (χ1n) is 6.62. The summed E-state index contributed by atoms with van der Waals surface area (Å²) >= 11 is 0. The van der Waals surface area contributed by atoms with Gasteiger partial charge >= 0.3 is 0 Å². The summed E-state index contributed by atoms with van der Waals surface area (Å²) in [4.78, 5) is 13.6. The van der Waals surface area contributed by atoms with E-state index >= 15 is 0 Å². The van der Waals surface area contributed by atoms with Crippen LogP contribution < -0.4 is 5.32 Å². The Balaban J connectivity index is 2.80. The molecule has 0 saturated carbocycles. The average molecular weight is 266 g/mol. The van der Waals surface area contributed by atoms with E-state index in [1.54, 1.807) is 0 Å². The number of aryl methyl sites for hydroxylation is 1. The van der Waals surface area contributed by atoms with E-state index in [0.717, 1.165) is 11.3 Å². The van der Waals surface area contributed by atoms with E-state index in [4.69, 9.17) is 0 Å². The zero-order valence-corrected chi connectivity index (χ0v) is 13.1. The summed E-state index contributed by atoms with van der Waals surface area (Å²) in [6.45, 7) is 10.7. The third-order valence-corrected chi connectivity index (χ3v) is 2.93. The minimum absolute atomic E-state index is 0.0245. The fourth-order valence-electron chi connectivity index (χ4n) is 1.89. The van der Waals surface area contributed by atoms with E-state index < -0.39 is 0 Å². The Bertz CT molecular complexity index is 443. The third kappa shape index (κ3) is 4.35. The fourth-order valence-corrected chi connectivity index (χ4v) is 1.89. The van der Waals surface area contributed by atoms with Gasteiger partial charge in [-0.05, 0) is 48.7 Å². The van der Waals surface area contributed by atoms with Crippen molar-refractivity contribution in [2.45, 2.75) is 46.2 Å². The SMILES string of the molecule is Cc1nn(C(C)(C)C)cc1[C@H](C)NC(=O)CN(C)C. The first-order chi connectivity index (χ1) is 8.61. The third-order valence-electron chi connectivity index (χ3n) is 2.93. The van der Waals surface area contributed by atoms with Crippen molar-refractivity contribution in [2.75, 3.05) is 20.6 Å². The predicted molar refractivity (Wildman–Crippen MR) is 77.1 cm³/mol. The summed E-state index contributed by atoms with van der Waals surface area (Å²) in [5.41, 5.74) is 1.99. The molecule has 1 atom stereocenters. The Morgan fingerprint density at radius 3 is 2.47 bits per heavy atom. The highest BCUT2D eigenvalue weighted by Gasteiger charge is 2.20. The zero-order valence-electron chi connectivity index (χ0n) is 13.1. The van der Waals surface area contributed by atoms with Crippen LogP contribution in [0.1, 0.15) is 45.0 Å². The van der Waals surface area contributed by atoms with Crippen LogP contribution >= 0.6 is 0 Å². The Morgan fingerprint density at radius 2 is 2.05 bits per heavy atom. The molecule has 1 aromatic rings. The molecule has 0 fully saturated rings. The molecule has 0 unspecified atom stereocenters. The van der Waals surface area contributed by atoms with Gasteiger partial charge < -0.3 is 10.2 Å². The van der Waals surface area contributed by atoms with Gasteiger partial charge in [-0.15, -0.1) is 0 Å². The normalized spacial score (nSPS) is 13.7. The molecule has 0 bridgehead atoms. The second-order valence-corrected chi connectivity index (χ2v) is 6.31. The number of hydrogen-bond donors (Lipinski definition) is 1. The molecule has 19 heavy (non-hydrogen) atoms. The van der Waals surface area contributed by atoms with Crippen LogP contribution in [0.15, 0.2) is 6.20 Å². The Hall–Kier alpha value is -1.36. The van der Waals surface area contributed by atoms with Gasteiger partial charge in [-0.3, -0.25) is 9.48 Å². The van der Waals surface area contributed by atoms with Crippen molar-refractivity contribution < 1.29 is 4.79 Å². The monoisotopic (exact) mass is 266 g/mol. The van der Waals surface area contributed by atoms with Gasteiger partial charge in [0.05, 0.1) is 23.8 Å². The number of likely N-dealkylation sites (N-methyl/N-ethyl adjacent to an activating group) is 1. The first-order valence-corrected chi connectivity index (χ1v) is 6.62. The number of carbonyl (C=O) groups is 1. The summed E-state index contributed by atoms with van der Waals surface area (Å²) < 4.78 is 1.95. The number of nitrogens with zero attached hydrogens (tertiary/aromatic N) is 3. The van der Waals surface area contributed by atoms with E-state index in [2.05, 4.69) is 31.2 Å². The Labute approximate surface area is 116 Å². The summed E-state index contributed by atoms with van der Waals surface area (Å²) in [5.74, 6) is 0.0282. The molecule has 5 heteroatoms. The van der Waals surface area contributed by atoms with Crippen LogP contribution in [-0.2, 0) is 10.3 Å². The smallest absolute Gasteiger partial charge is 0.234 e. The number of hydrogen-bond acceptors (Lipinski definition) is 3. The molecule has 1 rings (SSSR count). The lowest BCUT2D eigenvalue weighted by Crippen LogP contribution is -2.35. The molecule has 0 aliphatic heterocycles. The molecule has 0 aliphatic rings. The number of rotatable bonds is 4. The highest BCUT2D eigenvalue weighted by Crippen LogP contribution is 2.20. The molecule has 0 aliphatic carbocycles. The van der Waals surface area contributed by atoms with E-state index in [9.17, 15) is 4.79 Å². The first kappa shape index (κ1) is 15.7. The maximum absolute atomic E-state index is 11.8. The van der Waals surface area contributed by atoms with Gasteiger partial charge in [0.2, 0.25) is 5.91 Å². The minimum atomic E-state index is -0.0453. The van der Waals surface area contributed by atoms with E-state index in [1.165, 1.54) is 0 Å². The van der Waals surface area contributed by atoms with Crippen LogP contribution in [0.5, 0.6) is 0 Å². The van der Waals surface area contributed by atoms with Crippen molar-refractivity contribution in [3.8, 4) is 0 Å². The lowest BCUT2D eigenvalue weighted by Gasteiger charge is -2.19. The second-order valence-electron chi connectivity index (χ2n) is 6.31. The van der Waals surface area contributed by atoms with Crippen LogP contribution in [0, 0.1) is 6.92 Å². The number of aromatic nitrogens is 2. The fraction of sp³-hybridized carbons (Fsp3) is 0.714. The minimum Gasteiger partial charge on any atom is -0.348 e. The van der Waals surface area contributed by atoms with Crippen molar-refractivity contribution in [3.05, 3.63) is 17.5 Å². The topological polar surface area (TPSA) is 50.2 Å². The molecule has 1 heterocycles. The van der Waals surface area contributed by atoms with Gasteiger partial charge in [0.25, 0.3) is 0 Å². The summed E-state index contributed by atoms with van der Waals surface area (Å²) in [5, 5.41) is 7.53. The van der Waals surface area contributed by atoms with E-state index in [-0.39, 0.29) is 17.5 Å². The van der Waals surface area contributed by atoms with Crippen molar-refractivity contribution in [3.63, 3.8) is 0 Å². The average Bonchev–Trinajstić information content (AvgIpc) is 2.58. The van der Waals surface area contributed by atoms with Crippen LogP contribution in [-0.4, -0.2) is 41.2 Å². The highest BCUT2D eigenvalue weighted by atomic mass is 16.2.